The summed E-state index contributed by atoms with van der Waals surface area (Å²) in [6.07, 6.45) is 1.89. The molecule has 0 aliphatic carbocycles. The van der Waals surface area contributed by atoms with Crippen molar-refractivity contribution >= 4 is 17.2 Å². The topological polar surface area (TPSA) is 24.4 Å². The van der Waals surface area contributed by atoms with Gasteiger partial charge in [-0.05, 0) is 0 Å². The molecule has 0 amide bonds. The molecule has 1 heterocycles. The first-order chi connectivity index (χ1) is 2.50. The van der Waals surface area contributed by atoms with Crippen molar-refractivity contribution in [3.05, 3.63) is 10.8 Å². The molecule has 24 valence electrons. The number of rotatable bonds is 0. The van der Waals surface area contributed by atoms with E-state index in [9.17, 15) is 0 Å². The molecule has 2 nitrogen and oxygen atoms in total. The van der Waals surface area contributed by atoms with E-state index in [1.165, 1.54) is 0 Å². The van der Waals surface area contributed by atoms with Gasteiger partial charge in [-0.15, -0.1) is 0 Å². The Labute approximate surface area is 37.9 Å². The van der Waals surface area contributed by atoms with Gasteiger partial charge in [0.1, 0.15) is 0 Å². The number of hydrogen-bond donors (Lipinski definition) is 1. The van der Waals surface area contributed by atoms with E-state index in [1.807, 2.05) is 6.20 Å². The zero-order chi connectivity index (χ0) is 3.54. The van der Waals surface area contributed by atoms with Gasteiger partial charge in [-0.1, -0.05) is 0 Å². The van der Waals surface area contributed by atoms with Gasteiger partial charge in [0.05, 0.1) is 0 Å². The Hall–Kier alpha value is -0.0236. The van der Waals surface area contributed by atoms with Crippen molar-refractivity contribution < 1.29 is 0 Å². The molecule has 0 fully saturated rings. The Morgan fingerprint density at radius 3 is 3.00 bits per heavy atom. The fraction of sp³-hybridized carbons (Fsp3) is 0. The van der Waals surface area contributed by atoms with Crippen molar-refractivity contribution in [1.82, 2.24) is 5.43 Å². The average Bonchev–Trinajstić information content (AvgIpc) is 1.76. The van der Waals surface area contributed by atoms with Gasteiger partial charge >= 0.3 is 37.2 Å². The molecule has 1 aliphatic rings. The zero-order valence-electron chi connectivity index (χ0n) is 2.68. The maximum atomic E-state index is 3.88. The molecule has 0 spiro atoms. The third-order valence-electron chi connectivity index (χ3n) is 0.406. The summed E-state index contributed by atoms with van der Waals surface area (Å²) in [6.45, 7) is 0. The minimum absolute atomic E-state index is 0.243. The van der Waals surface area contributed by atoms with Gasteiger partial charge in [0.25, 0.3) is 0 Å². The Balaban J connectivity index is 2.61. The fourth-order valence-electron chi connectivity index (χ4n) is 0.215. The summed E-state index contributed by atoms with van der Waals surface area (Å²) in [5.41, 5.74) is 2.74. The van der Waals surface area contributed by atoms with Crippen LogP contribution in [0.1, 0.15) is 0 Å². The molecule has 5 heavy (non-hydrogen) atoms. The van der Waals surface area contributed by atoms with Crippen LogP contribution < -0.4 is 5.43 Å². The van der Waals surface area contributed by atoms with Crippen molar-refractivity contribution in [3.63, 3.8) is 0 Å². The second-order valence-electron chi connectivity index (χ2n) is 0.766. The number of nitrogens with zero attached hydrogens (tertiary/aromatic N) is 1. The van der Waals surface area contributed by atoms with Crippen molar-refractivity contribution in [1.29, 1.82) is 0 Å². The Kier molecular flexibility index (Phi) is 0.904. The first kappa shape index (κ1) is 3.18. The standard InChI is InChI=1S/C2H3N2.Ga/c1-2-4-3;/h1-2,4H;. The van der Waals surface area contributed by atoms with E-state index in [0.717, 1.165) is 0 Å². The molecule has 0 saturated carbocycles. The van der Waals surface area contributed by atoms with Crippen LogP contribution in [0, 0.1) is 0 Å². The summed E-state index contributed by atoms with van der Waals surface area (Å²) in [5.74, 6) is 0. The molecule has 1 rings (SSSR count). The normalized spacial score (nSPS) is 14.4. The van der Waals surface area contributed by atoms with E-state index < -0.39 is 0 Å². The maximum absolute atomic E-state index is 3.88. The van der Waals surface area contributed by atoms with Gasteiger partial charge in [0.2, 0.25) is 0 Å². The number of nitrogens with one attached hydrogen (secondary N) is 1. The Morgan fingerprint density at radius 2 is 2.80 bits per heavy atom. The predicted molar refractivity (Wildman–Crippen MR) is 20.5 cm³/mol. The zero-order valence-corrected chi connectivity index (χ0v) is 5.10. The Bertz CT molecular complexity index is 65.7. The molecular weight excluding hydrogens is 122 g/mol. The van der Waals surface area contributed by atoms with Crippen LogP contribution in [-0.4, -0.2) is 17.2 Å². The molecular formula is C2H3GaN2. The molecule has 0 radical (unpaired) electrons. The second-order valence-corrected chi connectivity index (χ2v) is 2.74. The fourth-order valence-corrected chi connectivity index (χ4v) is 1.12. The molecule has 0 atom stereocenters. The molecule has 3 heteroatoms. The van der Waals surface area contributed by atoms with Crippen LogP contribution in [-0.2, 0) is 0 Å². The average molecular weight is 125 g/mol. The van der Waals surface area contributed by atoms with Crippen molar-refractivity contribution in [3.8, 4) is 0 Å². The van der Waals surface area contributed by atoms with Crippen LogP contribution in [0.3, 0.4) is 0 Å². The summed E-state index contributed by atoms with van der Waals surface area (Å²) < 4.78 is 5.99. The van der Waals surface area contributed by atoms with Crippen LogP contribution in [0.5, 0.6) is 0 Å². The van der Waals surface area contributed by atoms with E-state index in [0.29, 0.717) is 0 Å². The molecule has 0 unspecified atom stereocenters. The second kappa shape index (κ2) is 1.42. The first-order valence-corrected chi connectivity index (χ1v) is 3.92. The van der Waals surface area contributed by atoms with Crippen LogP contribution in [0.15, 0.2) is 14.6 Å². The SMILES string of the molecule is C1=[CH][Ga]=[N]N1. The van der Waals surface area contributed by atoms with Gasteiger partial charge in [-0.2, -0.15) is 0 Å². The van der Waals surface area contributed by atoms with Crippen LogP contribution >= 0.6 is 0 Å². The molecule has 0 aromatic rings. The molecule has 0 bridgehead atoms. The summed E-state index contributed by atoms with van der Waals surface area (Å²) in [6, 6.07) is 0. The van der Waals surface area contributed by atoms with Crippen LogP contribution in [0.4, 0.5) is 0 Å². The number of hydrogen-bond acceptors (Lipinski definition) is 2. The molecule has 0 saturated heterocycles. The minimum atomic E-state index is -0.243. The van der Waals surface area contributed by atoms with Gasteiger partial charge in [0, 0.05) is 0 Å². The third-order valence-corrected chi connectivity index (χ3v) is 1.80. The quantitative estimate of drug-likeness (QED) is 0.447. The summed E-state index contributed by atoms with van der Waals surface area (Å²) in [5, 5.41) is 0. The molecule has 0 aromatic carbocycles. The molecule has 0 aromatic heterocycles. The van der Waals surface area contributed by atoms with Crippen molar-refractivity contribution in [2.45, 2.75) is 0 Å². The molecule has 1 N–H and O–H groups in total. The monoisotopic (exact) mass is 124 g/mol. The summed E-state index contributed by atoms with van der Waals surface area (Å²) in [4.78, 5) is 0. The van der Waals surface area contributed by atoms with Gasteiger partial charge in [-0.25, -0.2) is 0 Å². The van der Waals surface area contributed by atoms with Crippen molar-refractivity contribution in [2.75, 3.05) is 0 Å². The summed E-state index contributed by atoms with van der Waals surface area (Å²) >= 11 is -0.243. The van der Waals surface area contributed by atoms with E-state index in [2.05, 4.69) is 13.8 Å². The van der Waals surface area contributed by atoms with E-state index in [1.54, 1.807) is 0 Å². The van der Waals surface area contributed by atoms with E-state index in [4.69, 9.17) is 0 Å². The summed E-state index contributed by atoms with van der Waals surface area (Å²) in [7, 11) is 0. The van der Waals surface area contributed by atoms with E-state index in [-0.39, 0.29) is 17.2 Å². The molecule has 1 aliphatic heterocycles. The first-order valence-electron chi connectivity index (χ1n) is 1.44. The third kappa shape index (κ3) is 0.627. The van der Waals surface area contributed by atoms with E-state index >= 15 is 0 Å². The van der Waals surface area contributed by atoms with Gasteiger partial charge < -0.3 is 0 Å². The predicted octanol–water partition coefficient (Wildman–Crippen LogP) is -0.136. The van der Waals surface area contributed by atoms with Crippen LogP contribution in [0.25, 0.3) is 0 Å². The Morgan fingerprint density at radius 1 is 1.80 bits per heavy atom. The van der Waals surface area contributed by atoms with Gasteiger partial charge in [-0.3, -0.25) is 0 Å². The van der Waals surface area contributed by atoms with Gasteiger partial charge in [0.15, 0.2) is 0 Å². The van der Waals surface area contributed by atoms with Crippen molar-refractivity contribution in [2.24, 2.45) is 3.76 Å². The van der Waals surface area contributed by atoms with Crippen LogP contribution in [0.2, 0.25) is 0 Å².